The quantitative estimate of drug-likeness (QED) is 0.0284. The molecule has 13 N–H and O–H groups in total. The fraction of sp³-hybridized carbons (Fsp3) is 0.793. The number of nitrogens with one attached hydrogen (secondary N) is 1. The number of β-amino-alcohol motifs (C(OH)–C–C–N with tert-alkyl or cyclic N) is 1. The minimum atomic E-state index is -1.20. The monoisotopic (exact) mass is 1910 g/mol. The third kappa shape index (κ3) is 39.9. The zero-order valence-corrected chi connectivity index (χ0v) is 76.6. The topological polar surface area (TPSA) is 616 Å². The van der Waals surface area contributed by atoms with E-state index < -0.39 is 184 Å². The number of rotatable bonds is 34. The number of carbonyl (C=O) groups is 17. The molecule has 3 atom stereocenters. The van der Waals surface area contributed by atoms with Crippen molar-refractivity contribution in [2.75, 3.05) is 399 Å². The van der Waals surface area contributed by atoms with Crippen LogP contribution in [0.25, 0.3) is 0 Å². The molecule has 9 aliphatic heterocycles. The first-order valence-corrected chi connectivity index (χ1v) is 45.8. The molecule has 0 spiro atoms. The standard InChI is InChI=1S/C82H139N23O29/c106-38-37-84-1-3-89(51-70(111)112)13-5-85(6-14-90(4-2-84)52-71(113)114)47-66(107)100-33-34-101(67(108)48-86-7-15-91(53-72(115)116)21-27-97(59-78(127)128)28-22-92(16-8-86)54-73(117)118)41-62(40-100)81(133)104-44-64-45-105(65(46-104)39-83-64)82(134)63-42-102(68(109)49-87-9-17-93(55-74(119)120)23-29-98(60-79(129)130)30-24-94(18-10-87)56-75(121)122)35-36-103(43-63)69(110)50-88-11-19-95(57-76(123)124)25-31-99(61-80(131)132)32-26-96(20-12-88)58-77(125)126/h62-65,83,106H,1-61H2,(H,111,112)(H,113,114)(H,115,116)(H,117,118)(H,119,120)(H,121,122)(H,123,124)(H,125,126)(H,127,128)(H,129,130)(H,131,132). The van der Waals surface area contributed by atoms with E-state index in [2.05, 4.69) is 5.32 Å². The predicted molar refractivity (Wildman–Crippen MR) is 471 cm³/mol. The summed E-state index contributed by atoms with van der Waals surface area (Å²) in [6, 6.07) is -1.48. The van der Waals surface area contributed by atoms with Gasteiger partial charge in [0, 0.05) is 301 Å². The molecule has 52 nitrogen and oxygen atoms in total. The van der Waals surface area contributed by atoms with Crippen LogP contribution in [0.5, 0.6) is 0 Å². The third-order valence-electron chi connectivity index (χ3n) is 25.6. The Bertz CT molecular complexity index is 3710. The van der Waals surface area contributed by atoms with Gasteiger partial charge in [0.25, 0.3) is 0 Å². The third-order valence-corrected chi connectivity index (χ3v) is 25.6. The van der Waals surface area contributed by atoms with E-state index >= 15 is 28.8 Å². The molecular formula is C82H139N23O29. The van der Waals surface area contributed by atoms with E-state index in [1.54, 1.807) is 83.3 Å². The van der Waals surface area contributed by atoms with Crippen LogP contribution in [-0.2, 0) is 81.5 Å². The Morgan fingerprint density at radius 3 is 0.567 bits per heavy atom. The molecule has 134 heavy (non-hydrogen) atoms. The number of carbonyl (C=O) groups excluding carboxylic acids is 6. The van der Waals surface area contributed by atoms with Crippen molar-refractivity contribution < 1.29 is 143 Å². The van der Waals surface area contributed by atoms with Crippen molar-refractivity contribution in [2.24, 2.45) is 11.8 Å². The Labute approximate surface area is 777 Å². The van der Waals surface area contributed by atoms with Crippen molar-refractivity contribution in [3.8, 4) is 0 Å². The Morgan fingerprint density at radius 2 is 0.381 bits per heavy atom. The summed E-state index contributed by atoms with van der Waals surface area (Å²) in [4.78, 5) is 264. The summed E-state index contributed by atoms with van der Waals surface area (Å²) >= 11 is 0. The molecule has 0 aliphatic carbocycles. The van der Waals surface area contributed by atoms with Gasteiger partial charge in [-0.1, -0.05) is 0 Å². The molecule has 9 rings (SSSR count). The highest BCUT2D eigenvalue weighted by Gasteiger charge is 2.46. The van der Waals surface area contributed by atoms with Crippen LogP contribution in [0.3, 0.4) is 0 Å². The summed E-state index contributed by atoms with van der Waals surface area (Å²) in [5.74, 6) is -18.2. The molecule has 0 aromatic carbocycles. The Morgan fingerprint density at radius 1 is 0.201 bits per heavy atom. The lowest BCUT2D eigenvalue weighted by Crippen LogP contribution is -2.60. The van der Waals surface area contributed by atoms with Gasteiger partial charge in [0.15, 0.2) is 0 Å². The first-order chi connectivity index (χ1) is 63.8. The van der Waals surface area contributed by atoms with E-state index in [1.807, 2.05) is 4.90 Å². The lowest BCUT2D eigenvalue weighted by molar-refractivity contribution is -0.144. The fourth-order valence-corrected chi connectivity index (χ4v) is 18.3. The summed E-state index contributed by atoms with van der Waals surface area (Å²) in [6.07, 6.45) is 0. The van der Waals surface area contributed by atoms with Crippen molar-refractivity contribution >= 4 is 101 Å². The number of carboxylic acid groups (broad SMARTS) is 11. The maximum atomic E-state index is 16.2. The smallest absolute Gasteiger partial charge is 0.317 e. The van der Waals surface area contributed by atoms with Crippen molar-refractivity contribution in [2.45, 2.75) is 12.1 Å². The number of aliphatic carboxylic acids is 11. The van der Waals surface area contributed by atoms with Crippen LogP contribution >= 0.6 is 0 Å². The Hall–Kier alpha value is -9.73. The molecule has 0 saturated carbocycles. The highest BCUT2D eigenvalue weighted by atomic mass is 16.4. The van der Waals surface area contributed by atoms with Gasteiger partial charge >= 0.3 is 65.7 Å². The van der Waals surface area contributed by atoms with Crippen molar-refractivity contribution in [1.82, 2.24) is 113 Å². The zero-order chi connectivity index (χ0) is 97.7. The Balaban J connectivity index is 1.12. The highest BCUT2D eigenvalue weighted by molar-refractivity contribution is 5.87. The summed E-state index contributed by atoms with van der Waals surface area (Å²) in [5.41, 5.74) is 0. The van der Waals surface area contributed by atoms with Gasteiger partial charge in [0.1, 0.15) is 0 Å². The normalized spacial score (nSPS) is 23.2. The molecule has 0 radical (unpaired) electrons. The van der Waals surface area contributed by atoms with Crippen molar-refractivity contribution in [3.05, 3.63) is 0 Å². The van der Waals surface area contributed by atoms with Gasteiger partial charge in [-0.2, -0.15) is 0 Å². The second kappa shape index (κ2) is 56.1. The number of amides is 6. The molecule has 9 fully saturated rings. The van der Waals surface area contributed by atoms with E-state index in [0.29, 0.717) is 13.1 Å². The Kier molecular flexibility index (Phi) is 45.9. The fourth-order valence-electron chi connectivity index (χ4n) is 18.3. The van der Waals surface area contributed by atoms with E-state index in [0.717, 1.165) is 0 Å². The van der Waals surface area contributed by atoms with E-state index in [9.17, 15) is 114 Å². The number of piperazine rings is 1. The van der Waals surface area contributed by atoms with Gasteiger partial charge in [0.2, 0.25) is 35.4 Å². The van der Waals surface area contributed by atoms with Crippen LogP contribution in [0, 0.1) is 11.8 Å². The highest BCUT2D eigenvalue weighted by Crippen LogP contribution is 2.25. The van der Waals surface area contributed by atoms with Crippen LogP contribution in [0.15, 0.2) is 0 Å². The number of hydrogen-bond donors (Lipinski definition) is 13. The van der Waals surface area contributed by atoms with Crippen LogP contribution in [0.1, 0.15) is 0 Å². The minimum Gasteiger partial charge on any atom is -0.480 e. The minimum absolute atomic E-state index is 0.0244. The molecule has 9 saturated heterocycles. The SMILES string of the molecule is O=C(O)CN1CCN(CC(=O)O)CCN(CC(=O)N2CCN(C(=O)CN3CCN(CC(=O)O)CCN(CCO)CCN(CC(=O)O)CC3)CC(C(=O)N3CC4CN(C(=O)C5CN(C(=O)CN6CCN(CC(=O)O)CCN(CC(=O)O)CCN(CC(=O)O)CC6)CCN(C(=O)CN6CCN(CC(=O)O)CCN(CC(=O)O)CCN(CC(=O)O)CC6)C5)C(CN4)C3)C2)CCN(CC(=O)O)CC1. The van der Waals surface area contributed by atoms with Crippen molar-refractivity contribution in [1.29, 1.82) is 0 Å². The average Bonchev–Trinajstić information content (AvgIpc) is 1.64. The lowest BCUT2D eigenvalue weighted by atomic mass is 10.0. The second-order valence-electron chi connectivity index (χ2n) is 35.8. The van der Waals surface area contributed by atoms with Crippen LogP contribution in [0.2, 0.25) is 0 Å². The molecule has 9 heterocycles. The summed E-state index contributed by atoms with van der Waals surface area (Å²) in [5, 5.41) is 123. The molecule has 0 aromatic heterocycles. The maximum Gasteiger partial charge on any atom is 0.317 e. The first kappa shape index (κ1) is 110. The molecule has 3 unspecified atom stereocenters. The summed E-state index contributed by atoms with van der Waals surface area (Å²) in [7, 11) is 0. The van der Waals surface area contributed by atoms with Crippen molar-refractivity contribution in [3.63, 3.8) is 0 Å². The number of aliphatic hydroxyl groups is 1. The van der Waals surface area contributed by atoms with E-state index in [1.165, 1.54) is 19.6 Å². The first-order valence-electron chi connectivity index (χ1n) is 45.8. The second-order valence-corrected chi connectivity index (χ2v) is 35.8. The lowest BCUT2D eigenvalue weighted by Gasteiger charge is -2.39. The molecule has 9 aliphatic rings. The molecule has 52 heteroatoms. The molecular weight excluding hydrogens is 1770 g/mol. The van der Waals surface area contributed by atoms with Crippen LogP contribution in [0.4, 0.5) is 0 Å². The predicted octanol–water partition coefficient (Wildman–Crippen LogP) is -12.6. The van der Waals surface area contributed by atoms with E-state index in [-0.39, 0.29) is 327 Å². The summed E-state index contributed by atoms with van der Waals surface area (Å²) in [6.45, 7) is -4.25. The van der Waals surface area contributed by atoms with Gasteiger partial charge in [-0.05, 0) is 0 Å². The number of aliphatic hydroxyl groups excluding tert-OH is 1. The van der Waals surface area contributed by atoms with E-state index in [4.69, 9.17) is 0 Å². The number of carboxylic acids is 11. The van der Waals surface area contributed by atoms with Gasteiger partial charge in [-0.25, -0.2) is 0 Å². The maximum absolute atomic E-state index is 16.2. The van der Waals surface area contributed by atoms with Gasteiger partial charge in [-0.15, -0.1) is 0 Å². The molecule has 6 amide bonds. The zero-order valence-electron chi connectivity index (χ0n) is 76.6. The number of nitrogens with zero attached hydrogens (tertiary/aromatic N) is 22. The average molecular weight is 1910 g/mol. The van der Waals surface area contributed by atoms with Crippen LogP contribution in [-0.4, -0.2) is 682 Å². The van der Waals surface area contributed by atoms with Gasteiger partial charge in [-0.3, -0.25) is 160 Å². The summed E-state index contributed by atoms with van der Waals surface area (Å²) < 4.78 is 0. The largest absolute Gasteiger partial charge is 0.480 e. The molecule has 2 bridgehead atoms. The van der Waals surface area contributed by atoms with Gasteiger partial charge < -0.3 is 96.0 Å². The number of fused-ring (bicyclic) bond motifs is 4. The van der Waals surface area contributed by atoms with Gasteiger partial charge in [0.05, 0.1) is 123 Å². The number of hydrogen-bond acceptors (Lipinski definition) is 35. The molecule has 0 aromatic rings. The molecule has 756 valence electrons. The van der Waals surface area contributed by atoms with Crippen LogP contribution < -0.4 is 5.32 Å².